The normalized spacial score (nSPS) is 17.0. The standard InChI is InChI=1S/C25H52N6O3Si/c1-16(2)18(14-30-31-28)12-13-19(23(5,6)7)20(26)25(17(3)4,34-35(10)11)22(33)29-15-24(8,9)21(27)32/h16-20,35H,12-15,26H2,1-11H3,(H2,27,32)(H,29,33). The first-order chi connectivity index (χ1) is 15.8. The van der Waals surface area contributed by atoms with Gasteiger partial charge in [0.1, 0.15) is 0 Å². The fourth-order valence-electron chi connectivity index (χ4n) is 4.60. The van der Waals surface area contributed by atoms with Gasteiger partial charge in [-0.2, -0.15) is 0 Å². The van der Waals surface area contributed by atoms with Gasteiger partial charge < -0.3 is 21.2 Å². The van der Waals surface area contributed by atoms with Crippen molar-refractivity contribution in [2.24, 2.45) is 51.1 Å². The van der Waals surface area contributed by atoms with Crippen LogP contribution in [0, 0.1) is 34.5 Å². The number of nitrogens with zero attached hydrogens (tertiary/aromatic N) is 3. The van der Waals surface area contributed by atoms with Crippen LogP contribution in [-0.2, 0) is 14.0 Å². The summed E-state index contributed by atoms with van der Waals surface area (Å²) in [6.45, 7) is 22.6. The van der Waals surface area contributed by atoms with Gasteiger partial charge in [-0.3, -0.25) is 9.59 Å². The maximum absolute atomic E-state index is 13.9. The fraction of sp³-hybridized carbons (Fsp3) is 0.920. The lowest BCUT2D eigenvalue weighted by atomic mass is 9.65. The zero-order valence-electron chi connectivity index (χ0n) is 24.0. The van der Waals surface area contributed by atoms with E-state index < -0.39 is 32.0 Å². The number of carbonyl (C=O) groups excluding carboxylic acids is 2. The molecule has 204 valence electrons. The Morgan fingerprint density at radius 1 is 1.09 bits per heavy atom. The molecule has 0 aliphatic carbocycles. The first-order valence-electron chi connectivity index (χ1n) is 12.9. The van der Waals surface area contributed by atoms with Crippen LogP contribution in [0.15, 0.2) is 5.11 Å². The molecule has 0 heterocycles. The minimum absolute atomic E-state index is 0.0418. The van der Waals surface area contributed by atoms with E-state index in [9.17, 15) is 9.59 Å². The van der Waals surface area contributed by atoms with E-state index in [1.54, 1.807) is 13.8 Å². The molecule has 0 aromatic carbocycles. The second kappa shape index (κ2) is 13.6. The van der Waals surface area contributed by atoms with Gasteiger partial charge in [0, 0.05) is 24.0 Å². The number of hydrogen-bond donors (Lipinski definition) is 3. The number of carbonyl (C=O) groups is 2. The smallest absolute Gasteiger partial charge is 0.253 e. The Morgan fingerprint density at radius 3 is 2.00 bits per heavy atom. The molecule has 0 rings (SSSR count). The fourth-order valence-corrected chi connectivity index (χ4v) is 5.92. The summed E-state index contributed by atoms with van der Waals surface area (Å²) in [5, 5.41) is 6.77. The van der Waals surface area contributed by atoms with E-state index in [1.807, 2.05) is 26.9 Å². The van der Waals surface area contributed by atoms with Crippen molar-refractivity contribution in [1.82, 2.24) is 5.32 Å². The lowest BCUT2D eigenvalue weighted by molar-refractivity contribution is -0.148. The highest BCUT2D eigenvalue weighted by molar-refractivity contribution is 6.48. The maximum Gasteiger partial charge on any atom is 0.253 e. The van der Waals surface area contributed by atoms with Crippen LogP contribution in [-0.4, -0.2) is 45.6 Å². The van der Waals surface area contributed by atoms with Crippen molar-refractivity contribution in [3.8, 4) is 0 Å². The predicted molar refractivity (Wildman–Crippen MR) is 146 cm³/mol. The zero-order valence-corrected chi connectivity index (χ0v) is 25.2. The Bertz CT molecular complexity index is 744. The Balaban J connectivity index is 6.33. The van der Waals surface area contributed by atoms with Gasteiger partial charge in [0.05, 0.1) is 5.41 Å². The van der Waals surface area contributed by atoms with Crippen molar-refractivity contribution in [2.45, 2.75) is 99.9 Å². The molecule has 0 saturated carbocycles. The summed E-state index contributed by atoms with van der Waals surface area (Å²) >= 11 is 0. The molecule has 35 heavy (non-hydrogen) atoms. The summed E-state index contributed by atoms with van der Waals surface area (Å²) in [4.78, 5) is 28.6. The van der Waals surface area contributed by atoms with Crippen molar-refractivity contribution in [2.75, 3.05) is 13.1 Å². The summed E-state index contributed by atoms with van der Waals surface area (Å²) in [7, 11) is -1.70. The SMILES string of the molecule is CC(C)C(CCC(C(N)C(O[SiH](C)C)(C(=O)NCC(C)(C)C(N)=O)C(C)C)C(C)(C)C)CN=[N+]=[N-]. The molecule has 0 bridgehead atoms. The molecule has 4 unspecified atom stereocenters. The molecule has 10 heteroatoms. The van der Waals surface area contributed by atoms with Crippen molar-refractivity contribution in [1.29, 1.82) is 0 Å². The molecule has 0 aliphatic heterocycles. The molecular formula is C25H52N6O3Si. The number of nitrogens with two attached hydrogens (primary N) is 2. The maximum atomic E-state index is 13.9. The van der Waals surface area contributed by atoms with Gasteiger partial charge in [-0.15, -0.1) is 0 Å². The monoisotopic (exact) mass is 512 g/mol. The zero-order chi connectivity index (χ0) is 27.8. The van der Waals surface area contributed by atoms with E-state index in [0.29, 0.717) is 12.5 Å². The molecule has 5 N–H and O–H groups in total. The highest BCUT2D eigenvalue weighted by Gasteiger charge is 2.53. The Morgan fingerprint density at radius 2 is 1.63 bits per heavy atom. The predicted octanol–water partition coefficient (Wildman–Crippen LogP) is 4.36. The second-order valence-electron chi connectivity index (χ2n) is 12.5. The van der Waals surface area contributed by atoms with Crippen LogP contribution >= 0.6 is 0 Å². The van der Waals surface area contributed by atoms with Gasteiger partial charge in [0.15, 0.2) is 14.6 Å². The number of nitrogens with one attached hydrogen (secondary N) is 1. The van der Waals surface area contributed by atoms with Crippen LogP contribution in [0.25, 0.3) is 10.4 Å². The molecule has 0 fully saturated rings. The molecule has 0 aromatic heterocycles. The average molecular weight is 513 g/mol. The lowest BCUT2D eigenvalue weighted by Gasteiger charge is -2.49. The molecule has 0 aliphatic rings. The minimum atomic E-state index is -1.70. The average Bonchev–Trinajstić information content (AvgIpc) is 2.70. The van der Waals surface area contributed by atoms with E-state index in [4.69, 9.17) is 21.4 Å². The Hall–Kier alpha value is -1.61. The molecule has 4 atom stereocenters. The third-order valence-electron chi connectivity index (χ3n) is 7.21. The molecule has 0 radical (unpaired) electrons. The highest BCUT2D eigenvalue weighted by Crippen LogP contribution is 2.41. The Kier molecular flexibility index (Phi) is 13.0. The molecular weight excluding hydrogens is 460 g/mol. The van der Waals surface area contributed by atoms with Gasteiger partial charge in [0.25, 0.3) is 5.91 Å². The largest absolute Gasteiger partial charge is 0.405 e. The van der Waals surface area contributed by atoms with Crippen molar-refractivity contribution >= 4 is 20.9 Å². The summed E-state index contributed by atoms with van der Waals surface area (Å²) in [6.07, 6.45) is 1.60. The van der Waals surface area contributed by atoms with E-state index >= 15 is 0 Å². The second-order valence-corrected chi connectivity index (χ2v) is 14.9. The molecule has 0 saturated heterocycles. The molecule has 2 amide bonds. The summed E-state index contributed by atoms with van der Waals surface area (Å²) < 4.78 is 6.56. The van der Waals surface area contributed by atoms with E-state index in [-0.39, 0.29) is 35.6 Å². The molecule has 9 nitrogen and oxygen atoms in total. The Labute approximate surface area is 214 Å². The van der Waals surface area contributed by atoms with Gasteiger partial charge >= 0.3 is 0 Å². The quantitative estimate of drug-likeness (QED) is 0.129. The number of amides is 2. The number of primary amides is 1. The lowest BCUT2D eigenvalue weighted by Crippen LogP contribution is -2.68. The van der Waals surface area contributed by atoms with E-state index in [1.165, 1.54) is 0 Å². The van der Waals surface area contributed by atoms with Crippen LogP contribution < -0.4 is 16.8 Å². The van der Waals surface area contributed by atoms with Crippen LogP contribution in [0.4, 0.5) is 0 Å². The molecule has 0 aromatic rings. The van der Waals surface area contributed by atoms with Crippen molar-refractivity contribution in [3.05, 3.63) is 10.4 Å². The van der Waals surface area contributed by atoms with E-state index in [0.717, 1.165) is 12.8 Å². The van der Waals surface area contributed by atoms with Gasteiger partial charge in [-0.1, -0.05) is 53.6 Å². The van der Waals surface area contributed by atoms with Crippen molar-refractivity contribution < 1.29 is 14.0 Å². The van der Waals surface area contributed by atoms with Crippen LogP contribution in [0.2, 0.25) is 13.1 Å². The number of hydrogen-bond acceptors (Lipinski definition) is 5. The van der Waals surface area contributed by atoms with Gasteiger partial charge in [-0.05, 0) is 74.4 Å². The summed E-state index contributed by atoms with van der Waals surface area (Å²) in [5.41, 5.74) is 19.0. The summed E-state index contributed by atoms with van der Waals surface area (Å²) in [5.74, 6) is -0.436. The topological polar surface area (TPSA) is 156 Å². The summed E-state index contributed by atoms with van der Waals surface area (Å²) in [6, 6.07) is -0.582. The highest BCUT2D eigenvalue weighted by atomic mass is 28.3. The van der Waals surface area contributed by atoms with Crippen LogP contribution in [0.5, 0.6) is 0 Å². The third-order valence-corrected chi connectivity index (χ3v) is 8.07. The first-order valence-corrected chi connectivity index (χ1v) is 15.6. The first kappa shape index (κ1) is 33.4. The van der Waals surface area contributed by atoms with Gasteiger partial charge in [-0.25, -0.2) is 0 Å². The van der Waals surface area contributed by atoms with E-state index in [2.05, 4.69) is 50.0 Å². The number of rotatable bonds is 15. The minimum Gasteiger partial charge on any atom is -0.405 e. The van der Waals surface area contributed by atoms with Crippen molar-refractivity contribution in [3.63, 3.8) is 0 Å². The molecule has 0 spiro atoms. The van der Waals surface area contributed by atoms with Gasteiger partial charge in [0.2, 0.25) is 5.91 Å². The van der Waals surface area contributed by atoms with Crippen LogP contribution in [0.1, 0.15) is 75.2 Å². The third kappa shape index (κ3) is 9.41. The number of azide groups is 1. The van der Waals surface area contributed by atoms with Crippen LogP contribution in [0.3, 0.4) is 0 Å².